The van der Waals surface area contributed by atoms with Crippen LogP contribution in [-0.2, 0) is 22.7 Å². The molecule has 2 unspecified atom stereocenters. The molecule has 6 aromatic rings. The molecule has 19 heteroatoms. The van der Waals surface area contributed by atoms with E-state index in [1.807, 2.05) is 88.7 Å². The largest absolute Gasteiger partial charge is 0.445 e. The average Bonchev–Trinajstić information content (AvgIpc) is 4.26. The number of ether oxygens (including phenoxy) is 2. The second-order valence-corrected chi connectivity index (χ2v) is 22.4. The van der Waals surface area contributed by atoms with Crippen molar-refractivity contribution in [1.29, 1.82) is 0 Å². The zero-order valence-electron chi connectivity index (χ0n) is 50.4. The van der Waals surface area contributed by atoms with Crippen LogP contribution in [0.1, 0.15) is 108 Å². The number of hydrogen-bond donors (Lipinski definition) is 1. The number of likely N-dealkylation sites (tertiary alicyclic amines) is 2. The normalized spacial score (nSPS) is 17.0. The molecule has 0 saturated carbocycles. The number of ketones is 2. The molecule has 6 aromatic carbocycles. The Kier molecular flexibility index (Phi) is 24.1. The Balaban J connectivity index is 0.000000158. The fraction of sp³-hybridized carbons (Fsp3) is 0.412. The second-order valence-electron chi connectivity index (χ2n) is 22.4. The lowest BCUT2D eigenvalue weighted by atomic mass is 10.1. The SMILES string of the molecule is CC(=O)c1ccc(F)c(F)c1.CC(=O)c1ccc(N2CCN(C(=O)OCc3ccccc3)CC2)c(F)c1.CC(c1ccc(N2CCN(C(=O)OCc3ccccc3)CC2)c(F)c1)N1CCCC1.CC(c1ccc(N2CCNCC2)c(F)c1)N1CCCC1. The lowest BCUT2D eigenvalue weighted by Crippen LogP contribution is -2.49. The van der Waals surface area contributed by atoms with Crippen LogP contribution in [0.2, 0.25) is 0 Å². The summed E-state index contributed by atoms with van der Waals surface area (Å²) in [6, 6.07) is 38.7. The second kappa shape index (κ2) is 32.2. The summed E-state index contributed by atoms with van der Waals surface area (Å²) in [6.45, 7) is 19.8. The van der Waals surface area contributed by atoms with Gasteiger partial charge in [0.2, 0.25) is 0 Å². The zero-order valence-corrected chi connectivity index (χ0v) is 50.4. The summed E-state index contributed by atoms with van der Waals surface area (Å²) < 4.78 is 79.0. The fourth-order valence-corrected chi connectivity index (χ4v) is 11.2. The fourth-order valence-electron chi connectivity index (χ4n) is 11.2. The van der Waals surface area contributed by atoms with Crippen LogP contribution < -0.4 is 20.0 Å². The van der Waals surface area contributed by atoms with Gasteiger partial charge in [0.15, 0.2) is 23.2 Å². The number of Topliss-reactive ketones (excluding diaryl/α,β-unsaturated/α-hetero) is 2. The molecule has 0 bridgehead atoms. The predicted octanol–water partition coefficient (Wildman–Crippen LogP) is 12.5. The molecule has 5 saturated heterocycles. The van der Waals surface area contributed by atoms with Crippen LogP contribution in [0.15, 0.2) is 133 Å². The van der Waals surface area contributed by atoms with Crippen molar-refractivity contribution in [2.75, 3.05) is 119 Å². The van der Waals surface area contributed by atoms with Crippen molar-refractivity contribution in [3.63, 3.8) is 0 Å². The molecule has 5 aliphatic rings. The van der Waals surface area contributed by atoms with Gasteiger partial charge in [-0.1, -0.05) is 72.8 Å². The third kappa shape index (κ3) is 18.6. The van der Waals surface area contributed by atoms with Crippen molar-refractivity contribution in [2.45, 2.75) is 78.7 Å². The van der Waals surface area contributed by atoms with Crippen LogP contribution in [0.3, 0.4) is 0 Å². The molecule has 5 heterocycles. The van der Waals surface area contributed by atoms with E-state index in [4.69, 9.17) is 9.47 Å². The number of amides is 2. The number of piperazine rings is 3. The number of anilines is 3. The van der Waals surface area contributed by atoms with Gasteiger partial charge in [0.05, 0.1) is 17.1 Å². The summed E-state index contributed by atoms with van der Waals surface area (Å²) in [4.78, 5) is 60.7. The first-order valence-electron chi connectivity index (χ1n) is 30.2. The Labute approximate surface area is 508 Å². The van der Waals surface area contributed by atoms with E-state index in [-0.39, 0.29) is 60.2 Å². The number of hydrogen-bond acceptors (Lipinski definition) is 12. The highest BCUT2D eigenvalue weighted by atomic mass is 19.2. The van der Waals surface area contributed by atoms with E-state index in [1.54, 1.807) is 34.1 Å². The van der Waals surface area contributed by atoms with E-state index in [0.717, 1.165) is 92.4 Å². The molecule has 464 valence electrons. The lowest BCUT2D eigenvalue weighted by Gasteiger charge is -2.36. The highest BCUT2D eigenvalue weighted by Crippen LogP contribution is 2.31. The molecule has 0 spiro atoms. The number of carbonyl (C=O) groups excluding carboxylic acids is 4. The van der Waals surface area contributed by atoms with E-state index in [2.05, 4.69) is 39.9 Å². The minimum absolute atomic E-state index is 0.0737. The van der Waals surface area contributed by atoms with Gasteiger partial charge < -0.3 is 39.3 Å². The van der Waals surface area contributed by atoms with Crippen LogP contribution >= 0.6 is 0 Å². The summed E-state index contributed by atoms with van der Waals surface area (Å²) in [5.41, 5.74) is 6.39. The van der Waals surface area contributed by atoms with Crippen LogP contribution in [0.4, 0.5) is 48.6 Å². The first-order valence-corrected chi connectivity index (χ1v) is 30.2. The van der Waals surface area contributed by atoms with Crippen molar-refractivity contribution < 1.29 is 50.6 Å². The minimum atomic E-state index is -0.988. The summed E-state index contributed by atoms with van der Waals surface area (Å²) >= 11 is 0. The van der Waals surface area contributed by atoms with Crippen LogP contribution in [0.5, 0.6) is 0 Å². The Hall–Kier alpha value is -7.87. The number of rotatable bonds is 13. The highest BCUT2D eigenvalue weighted by molar-refractivity contribution is 5.94. The molecule has 1 N–H and O–H groups in total. The summed E-state index contributed by atoms with van der Waals surface area (Å²) in [6.07, 6.45) is 4.32. The Bertz CT molecular complexity index is 3200. The zero-order chi connectivity index (χ0) is 61.8. The molecule has 0 radical (unpaired) electrons. The topological polar surface area (TPSA) is 121 Å². The Morgan fingerprint density at radius 1 is 0.414 bits per heavy atom. The average molecular weight is 1200 g/mol. The molecule has 2 amide bonds. The molecule has 87 heavy (non-hydrogen) atoms. The summed E-state index contributed by atoms with van der Waals surface area (Å²) in [5.74, 6) is -3.04. The van der Waals surface area contributed by atoms with Crippen LogP contribution in [-0.4, -0.2) is 148 Å². The van der Waals surface area contributed by atoms with Crippen LogP contribution in [0.25, 0.3) is 0 Å². The molecular weight excluding hydrogens is 1120 g/mol. The van der Waals surface area contributed by atoms with Gasteiger partial charge >= 0.3 is 12.2 Å². The molecule has 0 aliphatic carbocycles. The van der Waals surface area contributed by atoms with Gasteiger partial charge in [-0.05, 0) is 162 Å². The third-order valence-electron chi connectivity index (χ3n) is 16.6. The molecule has 5 fully saturated rings. The first kappa shape index (κ1) is 65.1. The van der Waals surface area contributed by atoms with Crippen LogP contribution in [0, 0.1) is 29.1 Å². The molecular formula is C68H81F5N8O6. The molecule has 0 aromatic heterocycles. The van der Waals surface area contributed by atoms with E-state index in [1.165, 1.54) is 51.7 Å². The van der Waals surface area contributed by atoms with Crippen molar-refractivity contribution >= 4 is 40.8 Å². The maximum Gasteiger partial charge on any atom is 0.410 e. The third-order valence-corrected chi connectivity index (χ3v) is 16.6. The minimum Gasteiger partial charge on any atom is -0.445 e. The number of carbonyl (C=O) groups is 4. The first-order chi connectivity index (χ1) is 42.0. The van der Waals surface area contributed by atoms with E-state index in [0.29, 0.717) is 75.3 Å². The van der Waals surface area contributed by atoms with Gasteiger partial charge in [0.1, 0.15) is 30.7 Å². The van der Waals surface area contributed by atoms with Gasteiger partial charge in [-0.15, -0.1) is 0 Å². The number of nitrogens with one attached hydrogen (secondary N) is 1. The standard InChI is InChI=1S/C24H30FN3O2.C20H21FN2O3.C16H24FN3.C8H6F2O/c1-19(26-11-5-6-12-26)21-9-10-23(22(25)17-21)27-13-15-28(16-14-27)24(29)30-18-20-7-3-2-4-8-20;1-15(24)17-7-8-19(18(21)13-17)22-9-11-23(12-10-22)20(25)26-14-16-5-3-2-4-6-16;1-13(19-8-2-3-9-19)14-4-5-16(15(17)12-14)20-10-6-18-7-11-20;1-5(11)6-2-3-7(9)8(10)4-6/h2-4,7-10,17,19H,5-6,11-16,18H2,1H3;2-8,13H,9-12,14H2,1H3;4-5,12-13,18H,2-3,6-11H2,1H3;2-4H,1H3. The summed E-state index contributed by atoms with van der Waals surface area (Å²) in [5, 5.41) is 3.30. The predicted molar refractivity (Wildman–Crippen MR) is 330 cm³/mol. The van der Waals surface area contributed by atoms with Crippen molar-refractivity contribution in [1.82, 2.24) is 24.9 Å². The number of nitrogens with zero attached hydrogens (tertiary/aromatic N) is 7. The molecule has 2 atom stereocenters. The van der Waals surface area contributed by atoms with E-state index in [9.17, 15) is 41.1 Å². The number of halogens is 5. The van der Waals surface area contributed by atoms with Gasteiger partial charge in [-0.2, -0.15) is 0 Å². The molecule has 11 rings (SSSR count). The van der Waals surface area contributed by atoms with Crippen molar-refractivity contribution in [3.8, 4) is 0 Å². The van der Waals surface area contributed by atoms with E-state index < -0.39 is 17.5 Å². The molecule has 14 nitrogen and oxygen atoms in total. The van der Waals surface area contributed by atoms with Gasteiger partial charge in [-0.3, -0.25) is 19.4 Å². The van der Waals surface area contributed by atoms with Crippen molar-refractivity contribution in [3.05, 3.63) is 196 Å². The smallest absolute Gasteiger partial charge is 0.410 e. The summed E-state index contributed by atoms with van der Waals surface area (Å²) in [7, 11) is 0. The quantitative estimate of drug-likeness (QED) is 0.0875. The maximum absolute atomic E-state index is 14.9. The van der Waals surface area contributed by atoms with Crippen molar-refractivity contribution in [2.24, 2.45) is 0 Å². The Morgan fingerprint density at radius 3 is 1.14 bits per heavy atom. The van der Waals surface area contributed by atoms with Gasteiger partial charge in [-0.25, -0.2) is 31.5 Å². The highest BCUT2D eigenvalue weighted by Gasteiger charge is 2.28. The maximum atomic E-state index is 14.9. The van der Waals surface area contributed by atoms with Gasteiger partial charge in [0, 0.05) is 102 Å². The van der Waals surface area contributed by atoms with Gasteiger partial charge in [0.25, 0.3) is 0 Å². The number of benzene rings is 6. The van der Waals surface area contributed by atoms with E-state index >= 15 is 0 Å². The lowest BCUT2D eigenvalue weighted by molar-refractivity contribution is 0.0935. The Morgan fingerprint density at radius 2 is 0.770 bits per heavy atom. The monoisotopic (exact) mass is 1200 g/mol. The molecule has 5 aliphatic heterocycles.